The van der Waals surface area contributed by atoms with Crippen LogP contribution in [0.1, 0.15) is 31.7 Å². The van der Waals surface area contributed by atoms with Crippen molar-refractivity contribution in [3.63, 3.8) is 0 Å². The molecule has 106 valence electrons. The molecule has 1 aromatic carbocycles. The first-order chi connectivity index (χ1) is 9.74. The molecule has 0 fully saturated rings. The number of amides is 1. The van der Waals surface area contributed by atoms with Crippen LogP contribution < -0.4 is 9.47 Å². The molecule has 0 unspecified atom stereocenters. The number of allylic oxidation sites excluding steroid dienone is 1. The molecule has 0 bridgehead atoms. The Morgan fingerprint density at radius 2 is 2.20 bits per heavy atom. The summed E-state index contributed by atoms with van der Waals surface area (Å²) in [6.07, 6.45) is 2.32. The molecule has 4 nitrogen and oxygen atoms in total. The van der Waals surface area contributed by atoms with Crippen LogP contribution in [0.5, 0.6) is 11.5 Å². The van der Waals surface area contributed by atoms with Crippen molar-refractivity contribution in [1.82, 2.24) is 4.90 Å². The van der Waals surface area contributed by atoms with Gasteiger partial charge in [-0.1, -0.05) is 6.92 Å². The van der Waals surface area contributed by atoms with Crippen molar-refractivity contribution in [3.8, 4) is 11.5 Å². The molecule has 3 rings (SSSR count). The van der Waals surface area contributed by atoms with E-state index in [1.807, 2.05) is 23.1 Å². The van der Waals surface area contributed by atoms with Crippen LogP contribution in [0.25, 0.3) is 5.57 Å². The van der Waals surface area contributed by atoms with Crippen LogP contribution in [0, 0.1) is 0 Å². The van der Waals surface area contributed by atoms with Crippen LogP contribution in [-0.4, -0.2) is 31.1 Å². The molecule has 0 saturated carbocycles. The molecule has 0 radical (unpaired) electrons. The van der Waals surface area contributed by atoms with E-state index in [2.05, 4.69) is 6.92 Å². The molecule has 4 heteroatoms. The number of carbonyl (C=O) groups is 1. The average Bonchev–Trinajstić information content (AvgIpc) is 2.49. The zero-order valence-corrected chi connectivity index (χ0v) is 11.9. The molecular formula is C16H19NO3. The Bertz CT molecular complexity index is 577. The Hall–Kier alpha value is -1.97. The predicted octanol–water partition coefficient (Wildman–Crippen LogP) is 2.83. The molecule has 1 aromatic rings. The zero-order chi connectivity index (χ0) is 14.1. The number of nitrogens with zero attached hydrogens (tertiary/aromatic N) is 1. The minimum absolute atomic E-state index is 0.209. The predicted molar refractivity (Wildman–Crippen MR) is 76.6 cm³/mol. The third-order valence-corrected chi connectivity index (χ3v) is 3.89. The first kappa shape index (κ1) is 13.0. The van der Waals surface area contributed by atoms with Gasteiger partial charge in [-0.15, -0.1) is 0 Å². The molecule has 0 aromatic heterocycles. The van der Waals surface area contributed by atoms with Crippen LogP contribution in [0.4, 0.5) is 0 Å². The maximum Gasteiger partial charge on any atom is 0.227 e. The quantitative estimate of drug-likeness (QED) is 0.850. The van der Waals surface area contributed by atoms with Gasteiger partial charge in [-0.3, -0.25) is 4.79 Å². The zero-order valence-electron chi connectivity index (χ0n) is 11.9. The smallest absolute Gasteiger partial charge is 0.227 e. The summed E-state index contributed by atoms with van der Waals surface area (Å²) in [5.74, 6) is 1.91. The first-order valence-corrected chi connectivity index (χ1v) is 7.08. The number of hydrogen-bond donors (Lipinski definition) is 0. The molecule has 2 aliphatic heterocycles. The molecule has 0 atom stereocenters. The van der Waals surface area contributed by atoms with Crippen molar-refractivity contribution in [2.45, 2.75) is 26.2 Å². The number of fused-ring (bicyclic) bond motifs is 2. The monoisotopic (exact) mass is 273 g/mol. The van der Waals surface area contributed by atoms with Crippen molar-refractivity contribution < 1.29 is 14.3 Å². The number of methoxy groups -OCH3 is 1. The van der Waals surface area contributed by atoms with E-state index in [0.717, 1.165) is 42.1 Å². The number of rotatable bonds is 3. The summed E-state index contributed by atoms with van der Waals surface area (Å²) in [5, 5.41) is 0. The van der Waals surface area contributed by atoms with Crippen molar-refractivity contribution in [1.29, 1.82) is 0 Å². The highest BCUT2D eigenvalue weighted by molar-refractivity contribution is 5.88. The summed E-state index contributed by atoms with van der Waals surface area (Å²) >= 11 is 0. The average molecular weight is 273 g/mol. The summed E-state index contributed by atoms with van der Waals surface area (Å²) in [6, 6.07) is 5.85. The lowest BCUT2D eigenvalue weighted by molar-refractivity contribution is -0.130. The van der Waals surface area contributed by atoms with Crippen LogP contribution in [-0.2, 0) is 4.79 Å². The van der Waals surface area contributed by atoms with E-state index in [1.165, 1.54) is 5.57 Å². The fourth-order valence-corrected chi connectivity index (χ4v) is 2.91. The molecule has 20 heavy (non-hydrogen) atoms. The highest BCUT2D eigenvalue weighted by Crippen LogP contribution is 2.41. The number of benzene rings is 1. The van der Waals surface area contributed by atoms with Gasteiger partial charge in [-0.2, -0.15) is 0 Å². The first-order valence-electron chi connectivity index (χ1n) is 7.08. The Morgan fingerprint density at radius 1 is 1.35 bits per heavy atom. The fourth-order valence-electron chi connectivity index (χ4n) is 2.91. The summed E-state index contributed by atoms with van der Waals surface area (Å²) in [4.78, 5) is 14.0. The van der Waals surface area contributed by atoms with Crippen LogP contribution >= 0.6 is 0 Å². The minimum atomic E-state index is 0.209. The Labute approximate surface area is 119 Å². The van der Waals surface area contributed by atoms with Crippen LogP contribution in [0.2, 0.25) is 0 Å². The van der Waals surface area contributed by atoms with E-state index >= 15 is 0 Å². The van der Waals surface area contributed by atoms with Gasteiger partial charge in [-0.05, 0) is 36.6 Å². The fraction of sp³-hybridized carbons (Fsp3) is 0.438. The van der Waals surface area contributed by atoms with Crippen molar-refractivity contribution in [2.24, 2.45) is 0 Å². The van der Waals surface area contributed by atoms with E-state index in [9.17, 15) is 4.79 Å². The Morgan fingerprint density at radius 3 is 2.95 bits per heavy atom. The third kappa shape index (κ3) is 2.05. The maximum atomic E-state index is 12.1. The topological polar surface area (TPSA) is 38.8 Å². The highest BCUT2D eigenvalue weighted by Gasteiger charge is 2.31. The van der Waals surface area contributed by atoms with Gasteiger partial charge >= 0.3 is 0 Å². The highest BCUT2D eigenvalue weighted by atomic mass is 16.5. The third-order valence-electron chi connectivity index (χ3n) is 3.89. The molecule has 1 amide bonds. The van der Waals surface area contributed by atoms with Gasteiger partial charge in [0.15, 0.2) is 0 Å². The Kier molecular flexibility index (Phi) is 3.38. The molecule has 2 aliphatic rings. The normalized spacial score (nSPS) is 17.5. The largest absolute Gasteiger partial charge is 0.497 e. The van der Waals surface area contributed by atoms with Gasteiger partial charge in [0.05, 0.1) is 12.8 Å². The molecule has 0 aliphatic carbocycles. The van der Waals surface area contributed by atoms with E-state index in [4.69, 9.17) is 9.47 Å². The lowest BCUT2D eigenvalue weighted by Gasteiger charge is -2.35. The van der Waals surface area contributed by atoms with Crippen molar-refractivity contribution in [2.75, 3.05) is 20.3 Å². The lowest BCUT2D eigenvalue weighted by Crippen LogP contribution is -2.38. The summed E-state index contributed by atoms with van der Waals surface area (Å²) in [5.41, 5.74) is 3.33. The van der Waals surface area contributed by atoms with Gasteiger partial charge in [0.2, 0.25) is 5.91 Å². The SMILES string of the molecule is CCCN1C(=O)CCC2=C1COc1ccc(OC)cc12. The second-order valence-electron chi connectivity index (χ2n) is 5.12. The number of carbonyl (C=O) groups excluding carboxylic acids is 1. The van der Waals surface area contributed by atoms with E-state index < -0.39 is 0 Å². The number of ether oxygens (including phenoxy) is 2. The number of hydrogen-bond acceptors (Lipinski definition) is 3. The standard InChI is InChI=1S/C16H19NO3/c1-3-8-17-14-10-20-15-6-4-11(19-2)9-13(15)12(14)5-7-16(17)18/h4,6,9H,3,5,7-8,10H2,1-2H3. The van der Waals surface area contributed by atoms with E-state index in [-0.39, 0.29) is 5.91 Å². The van der Waals surface area contributed by atoms with Crippen molar-refractivity contribution >= 4 is 11.5 Å². The second-order valence-corrected chi connectivity index (χ2v) is 5.12. The minimum Gasteiger partial charge on any atom is -0.497 e. The molecular weight excluding hydrogens is 254 g/mol. The summed E-state index contributed by atoms with van der Waals surface area (Å²) in [6.45, 7) is 3.34. The van der Waals surface area contributed by atoms with Crippen LogP contribution in [0.3, 0.4) is 0 Å². The van der Waals surface area contributed by atoms with Gasteiger partial charge in [-0.25, -0.2) is 0 Å². The molecule has 2 heterocycles. The maximum absolute atomic E-state index is 12.1. The summed E-state index contributed by atoms with van der Waals surface area (Å²) in [7, 11) is 1.66. The van der Waals surface area contributed by atoms with E-state index in [1.54, 1.807) is 7.11 Å². The Balaban J connectivity index is 2.07. The molecule has 0 saturated heterocycles. The molecule has 0 spiro atoms. The van der Waals surface area contributed by atoms with Crippen LogP contribution in [0.15, 0.2) is 23.9 Å². The van der Waals surface area contributed by atoms with Gasteiger partial charge in [0.25, 0.3) is 0 Å². The van der Waals surface area contributed by atoms with Crippen molar-refractivity contribution in [3.05, 3.63) is 29.5 Å². The lowest BCUT2D eigenvalue weighted by atomic mass is 9.92. The van der Waals surface area contributed by atoms with E-state index in [0.29, 0.717) is 13.0 Å². The summed E-state index contributed by atoms with van der Waals surface area (Å²) < 4.78 is 11.1. The second kappa shape index (κ2) is 5.19. The van der Waals surface area contributed by atoms with Gasteiger partial charge in [0, 0.05) is 18.5 Å². The van der Waals surface area contributed by atoms with Gasteiger partial charge in [0.1, 0.15) is 18.1 Å². The molecule has 0 N–H and O–H groups in total. The van der Waals surface area contributed by atoms with Gasteiger partial charge < -0.3 is 14.4 Å².